The van der Waals surface area contributed by atoms with Gasteiger partial charge >= 0.3 is 5.97 Å². The number of H-pyrrole nitrogens is 1. The van der Waals surface area contributed by atoms with Crippen LogP contribution in [0.1, 0.15) is 6.42 Å². The molecule has 0 bridgehead atoms. The lowest BCUT2D eigenvalue weighted by atomic mass is 10.3. The van der Waals surface area contributed by atoms with Crippen LogP contribution in [0.4, 0.5) is 5.69 Å². The van der Waals surface area contributed by atoms with Crippen molar-refractivity contribution in [3.05, 3.63) is 28.3 Å². The van der Waals surface area contributed by atoms with Crippen molar-refractivity contribution >= 4 is 32.7 Å². The molecule has 0 radical (unpaired) electrons. The Morgan fingerprint density at radius 3 is 2.77 bits per heavy atom. The van der Waals surface area contributed by atoms with Gasteiger partial charge in [-0.2, -0.15) is 4.31 Å². The molecule has 0 fully saturated rings. The van der Waals surface area contributed by atoms with Gasteiger partial charge in [-0.3, -0.25) is 14.9 Å². The van der Waals surface area contributed by atoms with Gasteiger partial charge in [0.15, 0.2) is 5.52 Å². The first kappa shape index (κ1) is 15.9. The molecule has 0 spiro atoms. The maximum atomic E-state index is 12.3. The first-order chi connectivity index (χ1) is 10.2. The lowest BCUT2D eigenvalue weighted by Crippen LogP contribution is -2.30. The molecule has 2 rings (SSSR count). The highest BCUT2D eigenvalue weighted by Gasteiger charge is 2.27. The zero-order valence-corrected chi connectivity index (χ0v) is 12.2. The van der Waals surface area contributed by atoms with Gasteiger partial charge in [0.25, 0.3) is 15.7 Å². The van der Waals surface area contributed by atoms with Crippen molar-refractivity contribution in [1.29, 1.82) is 0 Å². The summed E-state index contributed by atoms with van der Waals surface area (Å²) in [6.45, 7) is -0.239. The molecule has 0 saturated carbocycles. The van der Waals surface area contributed by atoms with Crippen molar-refractivity contribution in [1.82, 2.24) is 14.3 Å². The van der Waals surface area contributed by atoms with Gasteiger partial charge in [-0.05, 0) is 6.07 Å². The number of imidazole rings is 1. The number of non-ortho nitro benzene ring substituents is 1. The van der Waals surface area contributed by atoms with Crippen molar-refractivity contribution in [3.8, 4) is 0 Å². The number of aliphatic carboxylic acids is 1. The number of para-hydroxylation sites is 1. The molecule has 0 aliphatic carbocycles. The standard InChI is InChI=1S/C11H12N4O6S/c1-14(6-5-9(16)17)22(20,21)11-12-7-3-2-4-8(15(18)19)10(7)13-11/h2-4H,5-6H2,1H3,(H,12,13)(H,16,17). The number of hydrogen-bond donors (Lipinski definition) is 2. The third-order valence-corrected chi connectivity index (χ3v) is 4.65. The number of benzene rings is 1. The molecule has 0 atom stereocenters. The number of carboxylic acid groups (broad SMARTS) is 1. The van der Waals surface area contributed by atoms with Crippen molar-refractivity contribution in [2.24, 2.45) is 0 Å². The molecule has 0 amide bonds. The first-order valence-electron chi connectivity index (χ1n) is 6.04. The summed E-state index contributed by atoms with van der Waals surface area (Å²) in [5, 5.41) is 19.0. The molecule has 1 aromatic carbocycles. The number of nitro groups is 1. The van der Waals surface area contributed by atoms with E-state index in [9.17, 15) is 23.3 Å². The topological polar surface area (TPSA) is 146 Å². The molecule has 2 N–H and O–H groups in total. The van der Waals surface area contributed by atoms with Crippen LogP contribution in [0, 0.1) is 10.1 Å². The number of carboxylic acids is 1. The van der Waals surface area contributed by atoms with Crippen molar-refractivity contribution in [2.75, 3.05) is 13.6 Å². The Morgan fingerprint density at radius 1 is 1.50 bits per heavy atom. The van der Waals surface area contributed by atoms with Crippen molar-refractivity contribution in [3.63, 3.8) is 0 Å². The summed E-state index contributed by atoms with van der Waals surface area (Å²) in [7, 11) is -2.85. The number of hydrogen-bond acceptors (Lipinski definition) is 6. The largest absolute Gasteiger partial charge is 0.481 e. The van der Waals surface area contributed by atoms with Gasteiger partial charge < -0.3 is 10.1 Å². The second kappa shape index (κ2) is 5.69. The van der Waals surface area contributed by atoms with Crippen LogP contribution in [0.15, 0.2) is 23.4 Å². The third-order valence-electron chi connectivity index (χ3n) is 2.96. The predicted octanol–water partition coefficient (Wildman–Crippen LogP) is 0.566. The zero-order valence-electron chi connectivity index (χ0n) is 11.4. The monoisotopic (exact) mass is 328 g/mol. The Labute approximate surface area is 124 Å². The number of sulfonamides is 1. The summed E-state index contributed by atoms with van der Waals surface area (Å²) >= 11 is 0. The van der Waals surface area contributed by atoms with E-state index in [2.05, 4.69) is 9.97 Å². The molecular formula is C11H12N4O6S. The summed E-state index contributed by atoms with van der Waals surface area (Å²) in [4.78, 5) is 27.0. The molecular weight excluding hydrogens is 316 g/mol. The van der Waals surface area contributed by atoms with Crippen LogP contribution in [0.25, 0.3) is 11.0 Å². The average Bonchev–Trinajstić information content (AvgIpc) is 2.88. The second-order valence-electron chi connectivity index (χ2n) is 4.44. The minimum atomic E-state index is -4.06. The van der Waals surface area contributed by atoms with Crippen molar-refractivity contribution < 1.29 is 23.2 Å². The number of fused-ring (bicyclic) bond motifs is 1. The van der Waals surface area contributed by atoms with Gasteiger partial charge in [0.2, 0.25) is 5.16 Å². The second-order valence-corrected chi connectivity index (χ2v) is 6.40. The number of rotatable bonds is 6. The Bertz CT molecular complexity index is 843. The number of nitro benzene ring substituents is 1. The molecule has 10 nitrogen and oxygen atoms in total. The highest BCUT2D eigenvalue weighted by Crippen LogP contribution is 2.25. The van der Waals surface area contributed by atoms with Gasteiger partial charge in [-0.25, -0.2) is 13.4 Å². The maximum Gasteiger partial charge on any atom is 0.304 e. The van der Waals surface area contributed by atoms with Crippen LogP contribution >= 0.6 is 0 Å². The third kappa shape index (κ3) is 2.89. The Kier molecular flexibility index (Phi) is 4.10. The van der Waals surface area contributed by atoms with E-state index in [1.54, 1.807) is 0 Å². The highest BCUT2D eigenvalue weighted by atomic mass is 32.2. The lowest BCUT2D eigenvalue weighted by Gasteiger charge is -2.13. The zero-order chi connectivity index (χ0) is 16.5. The Hall–Kier alpha value is -2.53. The molecule has 0 aliphatic rings. The predicted molar refractivity (Wildman–Crippen MR) is 74.8 cm³/mol. The Morgan fingerprint density at radius 2 is 2.18 bits per heavy atom. The normalized spacial score (nSPS) is 11.9. The van der Waals surface area contributed by atoms with E-state index in [1.807, 2.05) is 0 Å². The van der Waals surface area contributed by atoms with Gasteiger partial charge in [0, 0.05) is 19.7 Å². The minimum Gasteiger partial charge on any atom is -0.481 e. The molecule has 11 heteroatoms. The van der Waals surface area contributed by atoms with Crippen LogP contribution in [-0.2, 0) is 14.8 Å². The smallest absolute Gasteiger partial charge is 0.304 e. The Balaban J connectivity index is 2.44. The maximum absolute atomic E-state index is 12.3. The fourth-order valence-electron chi connectivity index (χ4n) is 1.78. The SMILES string of the molecule is CN(CCC(=O)O)S(=O)(=O)c1nc2c([N+](=O)[O-])cccc2[nH]1. The van der Waals surface area contributed by atoms with E-state index in [4.69, 9.17) is 5.11 Å². The van der Waals surface area contributed by atoms with Crippen LogP contribution in [0.3, 0.4) is 0 Å². The van der Waals surface area contributed by atoms with Gasteiger partial charge in [0.1, 0.15) is 0 Å². The molecule has 2 aromatic rings. The van der Waals surface area contributed by atoms with E-state index < -0.39 is 26.1 Å². The molecule has 1 aromatic heterocycles. The van der Waals surface area contributed by atoms with Crippen LogP contribution < -0.4 is 0 Å². The van der Waals surface area contributed by atoms with Crippen LogP contribution in [-0.4, -0.2) is 52.3 Å². The van der Waals surface area contributed by atoms with E-state index >= 15 is 0 Å². The van der Waals surface area contributed by atoms with E-state index in [-0.39, 0.29) is 29.7 Å². The van der Waals surface area contributed by atoms with Crippen LogP contribution in [0.5, 0.6) is 0 Å². The molecule has 0 saturated heterocycles. The first-order valence-corrected chi connectivity index (χ1v) is 7.48. The van der Waals surface area contributed by atoms with E-state index in [0.717, 1.165) is 4.31 Å². The molecule has 0 aliphatic heterocycles. The number of aromatic amines is 1. The summed E-state index contributed by atoms with van der Waals surface area (Å²) in [5.74, 6) is -1.14. The number of aromatic nitrogens is 2. The average molecular weight is 328 g/mol. The molecule has 0 unspecified atom stereocenters. The fraction of sp³-hybridized carbons (Fsp3) is 0.273. The van der Waals surface area contributed by atoms with Crippen molar-refractivity contribution in [2.45, 2.75) is 11.6 Å². The number of nitrogens with zero attached hydrogens (tertiary/aromatic N) is 3. The fourth-order valence-corrected chi connectivity index (χ4v) is 2.86. The summed E-state index contributed by atoms with van der Waals surface area (Å²) in [5.41, 5.74) is -0.180. The van der Waals surface area contributed by atoms with Gasteiger partial charge in [-0.1, -0.05) is 6.07 Å². The van der Waals surface area contributed by atoms with Gasteiger partial charge in [0.05, 0.1) is 16.9 Å². The quantitative estimate of drug-likeness (QED) is 0.582. The lowest BCUT2D eigenvalue weighted by molar-refractivity contribution is -0.383. The molecule has 118 valence electrons. The minimum absolute atomic E-state index is 0.0716. The summed E-state index contributed by atoms with van der Waals surface area (Å²) in [6.07, 6.45) is -0.365. The number of carbonyl (C=O) groups is 1. The molecule has 22 heavy (non-hydrogen) atoms. The highest BCUT2D eigenvalue weighted by molar-refractivity contribution is 7.88. The summed E-state index contributed by atoms with van der Waals surface area (Å²) in [6, 6.07) is 4.09. The van der Waals surface area contributed by atoms with Gasteiger partial charge in [-0.15, -0.1) is 0 Å². The van der Waals surface area contributed by atoms with Crippen LogP contribution in [0.2, 0.25) is 0 Å². The van der Waals surface area contributed by atoms with E-state index in [0.29, 0.717) is 0 Å². The molecule has 1 heterocycles. The number of nitrogens with one attached hydrogen (secondary N) is 1. The van der Waals surface area contributed by atoms with E-state index in [1.165, 1.54) is 25.2 Å². The summed E-state index contributed by atoms with van der Waals surface area (Å²) < 4.78 is 25.4.